The molecule has 2 rings (SSSR count). The largest absolute Gasteiger partial charge is 0.383 e. The normalized spacial score (nSPS) is 16.6. The molecule has 1 aliphatic rings. The fourth-order valence-electron chi connectivity index (χ4n) is 1.56. The van der Waals surface area contributed by atoms with Crippen LogP contribution in [0, 0.1) is 5.82 Å². The number of nitrogens with two attached hydrogens (primary N) is 1. The van der Waals surface area contributed by atoms with Crippen LogP contribution in [-0.4, -0.2) is 28.4 Å². The lowest BCUT2D eigenvalue weighted by Gasteiger charge is -2.13. The zero-order chi connectivity index (χ0) is 12.5. The summed E-state index contributed by atoms with van der Waals surface area (Å²) in [6, 6.07) is 1.11. The van der Waals surface area contributed by atoms with Crippen molar-refractivity contribution in [1.82, 2.24) is 10.3 Å². The van der Waals surface area contributed by atoms with Gasteiger partial charge < -0.3 is 11.1 Å². The van der Waals surface area contributed by atoms with E-state index in [0.717, 1.165) is 25.1 Å². The molecule has 1 aliphatic carbocycles. The predicted octanol–water partition coefficient (Wildman–Crippen LogP) is 1.43. The molecule has 0 bridgehead atoms. The third-order valence-electron chi connectivity index (χ3n) is 2.94. The Labute approximate surface area is 103 Å². The van der Waals surface area contributed by atoms with Gasteiger partial charge >= 0.3 is 0 Å². The monoisotopic (exact) mass is 255 g/mol. The maximum atomic E-state index is 13.0. The van der Waals surface area contributed by atoms with Crippen molar-refractivity contribution in [2.45, 2.75) is 17.6 Å². The summed E-state index contributed by atoms with van der Waals surface area (Å²) in [7, 11) is 0. The zero-order valence-electron chi connectivity index (χ0n) is 9.50. The molecule has 1 saturated carbocycles. The number of carbonyl (C=O) groups is 1. The van der Waals surface area contributed by atoms with E-state index in [-0.39, 0.29) is 22.0 Å². The lowest BCUT2D eigenvalue weighted by molar-refractivity contribution is 0.0953. The average Bonchev–Trinajstić information content (AvgIpc) is 3.10. The molecular formula is C11H14FN3OS. The minimum absolute atomic E-state index is 0.0536. The molecular weight excluding hydrogens is 241 g/mol. The van der Waals surface area contributed by atoms with Gasteiger partial charge in [0.25, 0.3) is 5.91 Å². The molecule has 1 aromatic heterocycles. The second-order valence-corrected chi connectivity index (χ2v) is 5.43. The van der Waals surface area contributed by atoms with E-state index in [2.05, 4.69) is 10.3 Å². The van der Waals surface area contributed by atoms with Crippen LogP contribution in [0.5, 0.6) is 0 Å². The number of aromatic nitrogens is 1. The highest BCUT2D eigenvalue weighted by molar-refractivity contribution is 8.00. The molecule has 0 spiro atoms. The first-order valence-electron chi connectivity index (χ1n) is 5.31. The van der Waals surface area contributed by atoms with Gasteiger partial charge in [0.15, 0.2) is 0 Å². The molecule has 17 heavy (non-hydrogen) atoms. The summed E-state index contributed by atoms with van der Waals surface area (Å²) in [5.41, 5.74) is 5.63. The molecule has 1 heterocycles. The van der Waals surface area contributed by atoms with Crippen LogP contribution in [0.4, 0.5) is 10.2 Å². The number of hydrogen-bond acceptors (Lipinski definition) is 4. The summed E-state index contributed by atoms with van der Waals surface area (Å²) >= 11 is 1.75. The Kier molecular flexibility index (Phi) is 3.24. The van der Waals surface area contributed by atoms with E-state index in [1.165, 1.54) is 0 Å². The number of nitrogen functional groups attached to an aromatic ring is 1. The number of anilines is 1. The molecule has 0 saturated heterocycles. The van der Waals surface area contributed by atoms with Gasteiger partial charge in [-0.2, -0.15) is 11.8 Å². The summed E-state index contributed by atoms with van der Waals surface area (Å²) in [6.07, 6.45) is 5.23. The minimum atomic E-state index is -0.560. The van der Waals surface area contributed by atoms with Gasteiger partial charge in [0.1, 0.15) is 11.6 Å². The van der Waals surface area contributed by atoms with Gasteiger partial charge in [0.2, 0.25) is 0 Å². The Morgan fingerprint density at radius 1 is 1.71 bits per heavy atom. The Balaban J connectivity index is 2.02. The third-order valence-corrected chi connectivity index (χ3v) is 4.36. The van der Waals surface area contributed by atoms with Crippen molar-refractivity contribution < 1.29 is 9.18 Å². The number of amides is 1. The first-order chi connectivity index (χ1) is 8.06. The van der Waals surface area contributed by atoms with Crippen LogP contribution in [0.2, 0.25) is 0 Å². The van der Waals surface area contributed by atoms with Crippen LogP contribution >= 0.6 is 11.8 Å². The van der Waals surface area contributed by atoms with Crippen LogP contribution in [0.15, 0.2) is 12.3 Å². The number of thioether (sulfide) groups is 1. The lowest BCUT2D eigenvalue weighted by atomic mass is 10.2. The Morgan fingerprint density at radius 3 is 3.00 bits per heavy atom. The molecule has 0 radical (unpaired) electrons. The van der Waals surface area contributed by atoms with E-state index in [9.17, 15) is 9.18 Å². The molecule has 0 atom stereocenters. The van der Waals surface area contributed by atoms with E-state index in [0.29, 0.717) is 6.54 Å². The number of hydrogen-bond donors (Lipinski definition) is 2. The highest BCUT2D eigenvalue weighted by atomic mass is 32.2. The summed E-state index contributed by atoms with van der Waals surface area (Å²) in [6.45, 7) is 0.586. The fraction of sp³-hybridized carbons (Fsp3) is 0.455. The highest BCUT2D eigenvalue weighted by Gasteiger charge is 2.42. The van der Waals surface area contributed by atoms with Crippen molar-refractivity contribution in [3.63, 3.8) is 0 Å². The Bertz CT molecular complexity index is 448. The van der Waals surface area contributed by atoms with Gasteiger partial charge in [0, 0.05) is 11.3 Å². The van der Waals surface area contributed by atoms with Crippen LogP contribution < -0.4 is 11.1 Å². The number of nitrogens with zero attached hydrogens (tertiary/aromatic N) is 1. The zero-order valence-corrected chi connectivity index (χ0v) is 10.3. The highest BCUT2D eigenvalue weighted by Crippen LogP contribution is 2.46. The lowest BCUT2D eigenvalue weighted by Crippen LogP contribution is -2.32. The van der Waals surface area contributed by atoms with E-state index < -0.39 is 5.82 Å². The van der Waals surface area contributed by atoms with Gasteiger partial charge in [0.05, 0.1) is 11.8 Å². The number of halogens is 1. The Morgan fingerprint density at radius 2 is 2.41 bits per heavy atom. The number of nitrogens with one attached hydrogen (secondary N) is 1. The molecule has 1 aromatic rings. The second kappa shape index (κ2) is 4.52. The van der Waals surface area contributed by atoms with Crippen molar-refractivity contribution in [2.24, 2.45) is 0 Å². The van der Waals surface area contributed by atoms with Crippen LogP contribution in [0.25, 0.3) is 0 Å². The quantitative estimate of drug-likeness (QED) is 0.854. The maximum absolute atomic E-state index is 13.0. The van der Waals surface area contributed by atoms with Gasteiger partial charge in [-0.1, -0.05) is 0 Å². The van der Waals surface area contributed by atoms with Crippen LogP contribution in [0.3, 0.4) is 0 Å². The number of carbonyl (C=O) groups excluding carboxylic acids is 1. The molecule has 6 heteroatoms. The SMILES string of the molecule is CSC1(CNC(=O)c2cc(F)cnc2N)CC1. The average molecular weight is 255 g/mol. The van der Waals surface area contributed by atoms with E-state index in [4.69, 9.17) is 5.73 Å². The molecule has 0 unspecified atom stereocenters. The third kappa shape index (κ3) is 2.69. The smallest absolute Gasteiger partial charge is 0.255 e. The minimum Gasteiger partial charge on any atom is -0.383 e. The standard InChI is InChI=1S/C11H14FN3OS/c1-17-11(2-3-11)6-15-10(16)8-4-7(12)5-14-9(8)13/h4-5H,2-3,6H2,1H3,(H2,13,14)(H,15,16). The van der Waals surface area contributed by atoms with E-state index >= 15 is 0 Å². The summed E-state index contributed by atoms with van der Waals surface area (Å²) < 4.78 is 13.1. The van der Waals surface area contributed by atoms with Gasteiger partial charge in [-0.25, -0.2) is 9.37 Å². The summed E-state index contributed by atoms with van der Waals surface area (Å²) in [5, 5.41) is 2.77. The van der Waals surface area contributed by atoms with Crippen LogP contribution in [0.1, 0.15) is 23.2 Å². The maximum Gasteiger partial charge on any atom is 0.255 e. The van der Waals surface area contributed by atoms with Gasteiger partial charge in [-0.3, -0.25) is 4.79 Å². The summed E-state index contributed by atoms with van der Waals surface area (Å²) in [5.74, 6) is -0.872. The van der Waals surface area contributed by atoms with Crippen molar-refractivity contribution in [1.29, 1.82) is 0 Å². The van der Waals surface area contributed by atoms with Crippen molar-refractivity contribution >= 4 is 23.5 Å². The second-order valence-electron chi connectivity index (χ2n) is 4.16. The van der Waals surface area contributed by atoms with Gasteiger partial charge in [-0.15, -0.1) is 0 Å². The molecule has 4 nitrogen and oxygen atoms in total. The molecule has 0 aliphatic heterocycles. The topological polar surface area (TPSA) is 68.0 Å². The van der Waals surface area contributed by atoms with Crippen molar-refractivity contribution in [3.05, 3.63) is 23.6 Å². The van der Waals surface area contributed by atoms with Crippen molar-refractivity contribution in [3.8, 4) is 0 Å². The first kappa shape index (κ1) is 12.2. The van der Waals surface area contributed by atoms with E-state index in [1.807, 2.05) is 6.26 Å². The summed E-state index contributed by atoms with van der Waals surface area (Å²) in [4.78, 5) is 15.4. The number of rotatable bonds is 4. The molecule has 1 fully saturated rings. The fourth-order valence-corrected chi connectivity index (χ4v) is 2.29. The van der Waals surface area contributed by atoms with Crippen LogP contribution in [-0.2, 0) is 0 Å². The molecule has 0 aromatic carbocycles. The Hall–Kier alpha value is -1.30. The molecule has 92 valence electrons. The number of pyridine rings is 1. The molecule has 3 N–H and O–H groups in total. The predicted molar refractivity (Wildman–Crippen MR) is 66.4 cm³/mol. The van der Waals surface area contributed by atoms with Crippen molar-refractivity contribution in [2.75, 3.05) is 18.5 Å². The first-order valence-corrected chi connectivity index (χ1v) is 6.53. The van der Waals surface area contributed by atoms with E-state index in [1.54, 1.807) is 11.8 Å². The van der Waals surface area contributed by atoms with Gasteiger partial charge in [-0.05, 0) is 25.2 Å². The molecule has 1 amide bonds.